The molecule has 0 aliphatic heterocycles. The van der Waals surface area contributed by atoms with Crippen LogP contribution >= 0.6 is 0 Å². The Labute approximate surface area is 119 Å². The molecule has 9 heteroatoms. The quantitative estimate of drug-likeness (QED) is 0.722. The monoisotopic (exact) mass is 284 g/mol. The molecule has 1 aromatic carbocycles. The summed E-state index contributed by atoms with van der Waals surface area (Å²) in [6.07, 6.45) is 2.86. The zero-order valence-corrected chi connectivity index (χ0v) is 11.1. The number of methoxy groups -OCH3 is 1. The van der Waals surface area contributed by atoms with Crippen molar-refractivity contribution in [1.29, 1.82) is 0 Å². The van der Waals surface area contributed by atoms with Gasteiger partial charge < -0.3 is 15.8 Å². The smallest absolute Gasteiger partial charge is 0.258 e. The number of aromatic nitrogens is 6. The van der Waals surface area contributed by atoms with Crippen molar-refractivity contribution in [2.75, 3.05) is 18.2 Å². The van der Waals surface area contributed by atoms with E-state index in [4.69, 9.17) is 10.5 Å². The van der Waals surface area contributed by atoms with Crippen LogP contribution in [-0.4, -0.2) is 36.8 Å². The Hall–Kier alpha value is -3.23. The van der Waals surface area contributed by atoms with Crippen molar-refractivity contribution >= 4 is 17.6 Å². The summed E-state index contributed by atoms with van der Waals surface area (Å²) in [5, 5.41) is 6.99. The number of benzene rings is 1. The Morgan fingerprint density at radius 2 is 2.05 bits per heavy atom. The second kappa shape index (κ2) is 5.41. The molecule has 0 radical (unpaired) electrons. The maximum Gasteiger partial charge on any atom is 0.258 e. The lowest BCUT2D eigenvalue weighted by molar-refractivity contribution is 0.417. The van der Waals surface area contributed by atoms with Crippen LogP contribution in [0.5, 0.6) is 5.75 Å². The molecular weight excluding hydrogens is 272 g/mol. The number of para-hydroxylation sites is 2. The summed E-state index contributed by atoms with van der Waals surface area (Å²) >= 11 is 0. The van der Waals surface area contributed by atoms with Crippen LogP contribution in [0.3, 0.4) is 0 Å². The first kappa shape index (κ1) is 12.8. The van der Waals surface area contributed by atoms with E-state index in [0.717, 1.165) is 5.69 Å². The molecule has 0 fully saturated rings. The van der Waals surface area contributed by atoms with Gasteiger partial charge in [-0.25, -0.2) is 4.98 Å². The maximum atomic E-state index is 5.69. The highest BCUT2D eigenvalue weighted by atomic mass is 16.5. The third-order valence-corrected chi connectivity index (χ3v) is 2.62. The minimum atomic E-state index is 0.0768. The third-order valence-electron chi connectivity index (χ3n) is 2.62. The predicted molar refractivity (Wildman–Crippen MR) is 75.4 cm³/mol. The Bertz CT molecular complexity index is 743. The van der Waals surface area contributed by atoms with Gasteiger partial charge in [-0.15, -0.1) is 0 Å². The lowest BCUT2D eigenvalue weighted by Crippen LogP contribution is -2.09. The van der Waals surface area contributed by atoms with Crippen LogP contribution in [0.25, 0.3) is 5.95 Å². The Morgan fingerprint density at radius 1 is 1.19 bits per heavy atom. The van der Waals surface area contributed by atoms with Crippen molar-refractivity contribution in [3.63, 3.8) is 0 Å². The molecule has 0 aliphatic carbocycles. The second-order valence-electron chi connectivity index (χ2n) is 3.98. The third kappa shape index (κ3) is 2.71. The molecule has 2 aromatic heterocycles. The molecule has 0 bridgehead atoms. The zero-order valence-electron chi connectivity index (χ0n) is 11.1. The van der Waals surface area contributed by atoms with Crippen LogP contribution in [-0.2, 0) is 0 Å². The Morgan fingerprint density at radius 3 is 2.81 bits per heavy atom. The second-order valence-corrected chi connectivity index (χ2v) is 3.98. The van der Waals surface area contributed by atoms with Gasteiger partial charge in [0.1, 0.15) is 18.4 Å². The molecule has 2 heterocycles. The maximum absolute atomic E-state index is 5.69. The fourth-order valence-corrected chi connectivity index (χ4v) is 1.72. The largest absolute Gasteiger partial charge is 0.495 e. The summed E-state index contributed by atoms with van der Waals surface area (Å²) in [6, 6.07) is 7.40. The number of hydrogen-bond acceptors (Lipinski definition) is 8. The molecule has 106 valence electrons. The van der Waals surface area contributed by atoms with Crippen LogP contribution in [0.4, 0.5) is 17.6 Å². The van der Waals surface area contributed by atoms with E-state index in [0.29, 0.717) is 5.75 Å². The van der Waals surface area contributed by atoms with Gasteiger partial charge in [0.2, 0.25) is 11.9 Å². The van der Waals surface area contributed by atoms with E-state index in [1.165, 1.54) is 17.3 Å². The van der Waals surface area contributed by atoms with Crippen LogP contribution in [0.2, 0.25) is 0 Å². The van der Waals surface area contributed by atoms with Crippen molar-refractivity contribution in [3.05, 3.63) is 36.9 Å². The molecular formula is C12H12N8O. The van der Waals surface area contributed by atoms with Gasteiger partial charge in [0.05, 0.1) is 12.8 Å². The summed E-state index contributed by atoms with van der Waals surface area (Å²) in [4.78, 5) is 16.1. The number of nitrogens with zero attached hydrogens (tertiary/aromatic N) is 6. The summed E-state index contributed by atoms with van der Waals surface area (Å²) in [5.41, 5.74) is 6.41. The molecule has 3 rings (SSSR count). The summed E-state index contributed by atoms with van der Waals surface area (Å²) in [5.74, 6) is 1.31. The molecule has 0 atom stereocenters. The number of hydrogen-bond donors (Lipinski definition) is 2. The minimum Gasteiger partial charge on any atom is -0.495 e. The molecule has 0 spiro atoms. The Kier molecular flexibility index (Phi) is 3.29. The highest BCUT2D eigenvalue weighted by Crippen LogP contribution is 2.25. The lowest BCUT2D eigenvalue weighted by atomic mass is 10.3. The molecule has 0 aliphatic rings. The van der Waals surface area contributed by atoms with Gasteiger partial charge in [0.15, 0.2) is 0 Å². The van der Waals surface area contributed by atoms with Gasteiger partial charge in [-0.2, -0.15) is 24.7 Å². The topological polar surface area (TPSA) is 117 Å². The van der Waals surface area contributed by atoms with Gasteiger partial charge >= 0.3 is 0 Å². The molecule has 3 aromatic rings. The van der Waals surface area contributed by atoms with Gasteiger partial charge in [-0.3, -0.25) is 0 Å². The molecule has 0 saturated carbocycles. The normalized spacial score (nSPS) is 10.3. The van der Waals surface area contributed by atoms with Crippen LogP contribution < -0.4 is 15.8 Å². The van der Waals surface area contributed by atoms with Crippen molar-refractivity contribution in [3.8, 4) is 11.7 Å². The fourth-order valence-electron chi connectivity index (χ4n) is 1.72. The zero-order chi connectivity index (χ0) is 14.7. The van der Waals surface area contributed by atoms with E-state index in [2.05, 4.69) is 30.4 Å². The fraction of sp³-hybridized carbons (Fsp3) is 0.0833. The minimum absolute atomic E-state index is 0.0768. The van der Waals surface area contributed by atoms with E-state index in [1.807, 2.05) is 24.3 Å². The highest BCUT2D eigenvalue weighted by Gasteiger charge is 2.09. The van der Waals surface area contributed by atoms with E-state index in [-0.39, 0.29) is 17.8 Å². The number of nitrogens with two attached hydrogens (primary N) is 1. The van der Waals surface area contributed by atoms with Gasteiger partial charge in [-0.1, -0.05) is 12.1 Å². The number of nitrogens with one attached hydrogen (secondary N) is 1. The number of anilines is 3. The van der Waals surface area contributed by atoms with Gasteiger partial charge in [0.25, 0.3) is 5.95 Å². The van der Waals surface area contributed by atoms with Crippen molar-refractivity contribution < 1.29 is 4.74 Å². The van der Waals surface area contributed by atoms with E-state index >= 15 is 0 Å². The van der Waals surface area contributed by atoms with Crippen molar-refractivity contribution in [2.24, 2.45) is 0 Å². The lowest BCUT2D eigenvalue weighted by Gasteiger charge is -2.10. The van der Waals surface area contributed by atoms with E-state index in [1.54, 1.807) is 7.11 Å². The van der Waals surface area contributed by atoms with Crippen LogP contribution in [0.1, 0.15) is 0 Å². The first-order chi connectivity index (χ1) is 10.3. The summed E-state index contributed by atoms with van der Waals surface area (Å²) in [6.45, 7) is 0. The SMILES string of the molecule is COc1ccccc1Nc1nc(N)nc(-n2cncn2)n1. The molecule has 9 nitrogen and oxygen atoms in total. The molecule has 0 unspecified atom stereocenters. The Balaban J connectivity index is 1.96. The average Bonchev–Trinajstić information content (AvgIpc) is 3.01. The molecule has 21 heavy (non-hydrogen) atoms. The standard InChI is InChI=1S/C12H12N8O/c1-21-9-5-3-2-4-8(9)16-11-17-10(13)18-12(19-11)20-7-14-6-15-20/h2-7H,1H3,(H3,13,16,17,18,19). The summed E-state index contributed by atoms with van der Waals surface area (Å²) < 4.78 is 6.65. The van der Waals surface area contributed by atoms with Crippen molar-refractivity contribution in [1.82, 2.24) is 29.7 Å². The predicted octanol–water partition coefficient (Wildman–Crippen LogP) is 0.787. The summed E-state index contributed by atoms with van der Waals surface area (Å²) in [7, 11) is 1.59. The first-order valence-electron chi connectivity index (χ1n) is 6.03. The first-order valence-corrected chi connectivity index (χ1v) is 6.03. The van der Waals surface area contributed by atoms with E-state index in [9.17, 15) is 0 Å². The molecule has 0 saturated heterocycles. The van der Waals surface area contributed by atoms with Gasteiger partial charge in [-0.05, 0) is 12.1 Å². The number of ether oxygens (including phenoxy) is 1. The highest BCUT2D eigenvalue weighted by molar-refractivity contribution is 5.62. The molecule has 3 N–H and O–H groups in total. The number of nitrogen functional groups attached to an aromatic ring is 1. The van der Waals surface area contributed by atoms with Crippen molar-refractivity contribution in [2.45, 2.75) is 0 Å². The van der Waals surface area contributed by atoms with Crippen LogP contribution in [0, 0.1) is 0 Å². The van der Waals surface area contributed by atoms with E-state index < -0.39 is 0 Å². The van der Waals surface area contributed by atoms with Gasteiger partial charge in [0, 0.05) is 0 Å². The average molecular weight is 284 g/mol. The number of rotatable bonds is 4. The van der Waals surface area contributed by atoms with Crippen LogP contribution in [0.15, 0.2) is 36.9 Å². The molecule has 0 amide bonds.